The largest absolute Gasteiger partial charge is 0.504 e. The number of alkyl halides is 3. The number of hydrogen-bond donors (Lipinski definition) is 1. The summed E-state index contributed by atoms with van der Waals surface area (Å²) >= 11 is 0. The van der Waals surface area contributed by atoms with Crippen LogP contribution in [0.25, 0.3) is 11.3 Å². The maximum Gasteiger partial charge on any atom is 0.416 e. The fourth-order valence-electron chi connectivity index (χ4n) is 1.89. The van der Waals surface area contributed by atoms with Crippen molar-refractivity contribution < 1.29 is 23.1 Å². The minimum atomic E-state index is -4.42. The number of aryl methyl sites for hydroxylation is 1. The molecule has 0 amide bonds. The molecule has 0 saturated heterocycles. The van der Waals surface area contributed by atoms with Gasteiger partial charge in [-0.05, 0) is 12.1 Å². The SMILES string of the molecule is CC(=O)c1nn(C)c(-c2ccc(C(F)(F)F)cc2)c1O. The summed E-state index contributed by atoms with van der Waals surface area (Å²) < 4.78 is 38.7. The van der Waals surface area contributed by atoms with Gasteiger partial charge < -0.3 is 5.11 Å². The molecule has 106 valence electrons. The van der Waals surface area contributed by atoms with Crippen LogP contribution in [0.15, 0.2) is 24.3 Å². The van der Waals surface area contributed by atoms with Crippen LogP contribution in [-0.4, -0.2) is 20.7 Å². The number of rotatable bonds is 2. The smallest absolute Gasteiger partial charge is 0.416 e. The van der Waals surface area contributed by atoms with E-state index in [2.05, 4.69) is 5.10 Å². The van der Waals surface area contributed by atoms with E-state index < -0.39 is 17.5 Å². The van der Waals surface area contributed by atoms with Gasteiger partial charge >= 0.3 is 6.18 Å². The Bertz CT molecular complexity index is 657. The van der Waals surface area contributed by atoms with Gasteiger partial charge in [0.2, 0.25) is 0 Å². The Hall–Kier alpha value is -2.31. The van der Waals surface area contributed by atoms with E-state index in [4.69, 9.17) is 0 Å². The van der Waals surface area contributed by atoms with E-state index in [1.807, 2.05) is 0 Å². The molecule has 0 spiro atoms. The van der Waals surface area contributed by atoms with E-state index in [0.717, 1.165) is 12.1 Å². The molecule has 0 saturated carbocycles. The molecule has 1 aromatic heterocycles. The normalized spacial score (nSPS) is 11.7. The standard InChI is InChI=1S/C13H11F3N2O2/c1-7(19)10-12(20)11(18(2)17-10)8-3-5-9(6-4-8)13(14,15)16/h3-6,20H,1-2H3. The van der Waals surface area contributed by atoms with Gasteiger partial charge in [0.1, 0.15) is 5.69 Å². The maximum atomic E-state index is 12.5. The zero-order chi connectivity index (χ0) is 15.1. The van der Waals surface area contributed by atoms with E-state index in [0.29, 0.717) is 5.56 Å². The Balaban J connectivity index is 2.50. The number of ketones is 1. The van der Waals surface area contributed by atoms with Crippen LogP contribution < -0.4 is 0 Å². The third-order valence-electron chi connectivity index (χ3n) is 2.84. The van der Waals surface area contributed by atoms with Gasteiger partial charge in [-0.25, -0.2) is 0 Å². The lowest BCUT2D eigenvalue weighted by atomic mass is 10.1. The summed E-state index contributed by atoms with van der Waals surface area (Å²) in [6.45, 7) is 1.25. The van der Waals surface area contributed by atoms with E-state index in [-0.39, 0.29) is 17.1 Å². The van der Waals surface area contributed by atoms with E-state index >= 15 is 0 Å². The highest BCUT2D eigenvalue weighted by Gasteiger charge is 2.30. The zero-order valence-corrected chi connectivity index (χ0v) is 10.7. The topological polar surface area (TPSA) is 55.1 Å². The molecular formula is C13H11F3N2O2. The molecule has 1 aromatic carbocycles. The fraction of sp³-hybridized carbons (Fsp3) is 0.231. The van der Waals surface area contributed by atoms with Crippen molar-refractivity contribution in [2.45, 2.75) is 13.1 Å². The summed E-state index contributed by atoms with van der Waals surface area (Å²) in [7, 11) is 1.50. The van der Waals surface area contributed by atoms with Crippen LogP contribution in [0.2, 0.25) is 0 Å². The highest BCUT2D eigenvalue weighted by molar-refractivity contribution is 5.97. The number of carbonyl (C=O) groups excluding carboxylic acids is 1. The first-order valence-corrected chi connectivity index (χ1v) is 5.66. The minimum absolute atomic E-state index is 0.109. The second-order valence-electron chi connectivity index (χ2n) is 4.30. The molecule has 2 rings (SSSR count). The number of aromatic nitrogens is 2. The number of Topliss-reactive ketones (excluding diaryl/α,β-unsaturated/α-hetero) is 1. The molecule has 0 fully saturated rings. The van der Waals surface area contributed by atoms with E-state index in [9.17, 15) is 23.1 Å². The predicted octanol–water partition coefficient (Wildman–Crippen LogP) is 3.01. The molecule has 0 bridgehead atoms. The van der Waals surface area contributed by atoms with Crippen molar-refractivity contribution in [3.05, 3.63) is 35.5 Å². The number of benzene rings is 1. The summed E-state index contributed by atoms with van der Waals surface area (Å²) in [5, 5.41) is 13.8. The third kappa shape index (κ3) is 2.38. The van der Waals surface area contributed by atoms with Crippen molar-refractivity contribution in [1.82, 2.24) is 9.78 Å². The van der Waals surface area contributed by atoms with Gasteiger partial charge in [0, 0.05) is 19.5 Å². The lowest BCUT2D eigenvalue weighted by molar-refractivity contribution is -0.137. The molecule has 20 heavy (non-hydrogen) atoms. The highest BCUT2D eigenvalue weighted by Crippen LogP contribution is 2.34. The first-order valence-electron chi connectivity index (χ1n) is 5.66. The molecule has 4 nitrogen and oxygen atoms in total. The Morgan fingerprint density at radius 2 is 1.80 bits per heavy atom. The van der Waals surface area contributed by atoms with E-state index in [1.165, 1.54) is 30.8 Å². The molecule has 0 aliphatic carbocycles. The predicted molar refractivity (Wildman–Crippen MR) is 65.3 cm³/mol. The van der Waals surface area contributed by atoms with Crippen LogP contribution in [0.1, 0.15) is 23.0 Å². The summed E-state index contributed by atoms with van der Waals surface area (Å²) in [4.78, 5) is 11.3. The average Bonchev–Trinajstić information content (AvgIpc) is 2.64. The molecule has 0 radical (unpaired) electrons. The van der Waals surface area contributed by atoms with Gasteiger partial charge in [-0.15, -0.1) is 0 Å². The Labute approximate surface area is 112 Å². The van der Waals surface area contributed by atoms with Crippen LogP contribution in [0.3, 0.4) is 0 Å². The minimum Gasteiger partial charge on any atom is -0.504 e. The Kier molecular flexibility index (Phi) is 3.29. The molecule has 0 atom stereocenters. The van der Waals surface area contributed by atoms with Crippen LogP contribution in [0.5, 0.6) is 5.75 Å². The Morgan fingerprint density at radius 1 is 1.25 bits per heavy atom. The lowest BCUT2D eigenvalue weighted by Gasteiger charge is -2.08. The first kappa shape index (κ1) is 14.1. The van der Waals surface area contributed by atoms with Crippen molar-refractivity contribution in [2.75, 3.05) is 0 Å². The highest BCUT2D eigenvalue weighted by atomic mass is 19.4. The monoisotopic (exact) mass is 284 g/mol. The molecule has 0 aliphatic rings. The van der Waals surface area contributed by atoms with Gasteiger partial charge in [0.05, 0.1) is 5.56 Å². The number of nitrogens with zero attached hydrogens (tertiary/aromatic N) is 2. The van der Waals surface area contributed by atoms with Crippen LogP contribution in [0, 0.1) is 0 Å². The maximum absolute atomic E-state index is 12.5. The second-order valence-corrected chi connectivity index (χ2v) is 4.30. The lowest BCUT2D eigenvalue weighted by Crippen LogP contribution is -2.04. The van der Waals surface area contributed by atoms with Crippen molar-refractivity contribution >= 4 is 5.78 Å². The summed E-state index contributed by atoms with van der Waals surface area (Å²) in [5.74, 6) is -0.754. The summed E-state index contributed by atoms with van der Waals surface area (Å²) in [6.07, 6.45) is -4.42. The van der Waals surface area contributed by atoms with Crippen molar-refractivity contribution in [3.8, 4) is 17.0 Å². The van der Waals surface area contributed by atoms with Gasteiger partial charge in [-0.2, -0.15) is 18.3 Å². The molecule has 1 N–H and O–H groups in total. The van der Waals surface area contributed by atoms with Crippen molar-refractivity contribution in [3.63, 3.8) is 0 Å². The third-order valence-corrected chi connectivity index (χ3v) is 2.84. The summed E-state index contributed by atoms with van der Waals surface area (Å²) in [6, 6.07) is 4.28. The van der Waals surface area contributed by atoms with Crippen LogP contribution >= 0.6 is 0 Å². The fourth-order valence-corrected chi connectivity index (χ4v) is 1.89. The molecule has 7 heteroatoms. The van der Waals surface area contributed by atoms with Gasteiger partial charge in [-0.1, -0.05) is 12.1 Å². The van der Waals surface area contributed by atoms with Crippen LogP contribution in [-0.2, 0) is 13.2 Å². The average molecular weight is 284 g/mol. The van der Waals surface area contributed by atoms with Crippen LogP contribution in [0.4, 0.5) is 13.2 Å². The van der Waals surface area contributed by atoms with Gasteiger partial charge in [0.15, 0.2) is 17.2 Å². The van der Waals surface area contributed by atoms with Crippen molar-refractivity contribution in [1.29, 1.82) is 0 Å². The van der Waals surface area contributed by atoms with Gasteiger partial charge in [-0.3, -0.25) is 9.48 Å². The molecular weight excluding hydrogens is 273 g/mol. The molecule has 2 aromatic rings. The second kappa shape index (κ2) is 4.66. The van der Waals surface area contributed by atoms with E-state index in [1.54, 1.807) is 0 Å². The van der Waals surface area contributed by atoms with Crippen molar-refractivity contribution in [2.24, 2.45) is 7.05 Å². The summed E-state index contributed by atoms with van der Waals surface area (Å²) in [5.41, 5.74) is -0.348. The number of aromatic hydroxyl groups is 1. The molecule has 1 heterocycles. The molecule has 0 aliphatic heterocycles. The number of halogens is 3. The quantitative estimate of drug-likeness (QED) is 0.862. The van der Waals surface area contributed by atoms with Gasteiger partial charge in [0.25, 0.3) is 0 Å². The Morgan fingerprint density at radius 3 is 2.20 bits per heavy atom. The number of hydrogen-bond acceptors (Lipinski definition) is 3. The number of carbonyl (C=O) groups is 1. The molecule has 0 unspecified atom stereocenters. The first-order chi connectivity index (χ1) is 9.21. The zero-order valence-electron chi connectivity index (χ0n) is 10.7.